The van der Waals surface area contributed by atoms with Crippen LogP contribution in [0, 0.1) is 19.7 Å². The molecule has 0 bridgehead atoms. The van der Waals surface area contributed by atoms with Gasteiger partial charge < -0.3 is 14.8 Å². The molecule has 0 atom stereocenters. The smallest absolute Gasteiger partial charge is 0.329 e. The van der Waals surface area contributed by atoms with Gasteiger partial charge in [-0.25, -0.2) is 9.82 Å². The van der Waals surface area contributed by atoms with E-state index in [1.807, 2.05) is 26.0 Å². The summed E-state index contributed by atoms with van der Waals surface area (Å²) >= 11 is 6.03. The molecule has 34 heavy (non-hydrogen) atoms. The highest BCUT2D eigenvalue weighted by molar-refractivity contribution is 6.39. The summed E-state index contributed by atoms with van der Waals surface area (Å²) in [6, 6.07) is 14.8. The summed E-state index contributed by atoms with van der Waals surface area (Å²) in [5.41, 5.74) is 5.43. The molecule has 0 heterocycles. The molecule has 2 amide bonds. The molecule has 0 saturated heterocycles. The molecule has 3 aromatic carbocycles. The number of carbonyl (C=O) groups is 2. The van der Waals surface area contributed by atoms with E-state index in [1.54, 1.807) is 30.3 Å². The first-order chi connectivity index (χ1) is 16.3. The number of amides is 2. The molecule has 0 aliphatic rings. The number of nitrogens with zero attached hydrogens (tertiary/aromatic N) is 1. The third kappa shape index (κ3) is 6.32. The molecule has 0 aliphatic heterocycles. The highest BCUT2D eigenvalue weighted by atomic mass is 35.5. The van der Waals surface area contributed by atoms with Gasteiger partial charge in [0.1, 0.15) is 12.4 Å². The van der Waals surface area contributed by atoms with Gasteiger partial charge in [0.15, 0.2) is 11.5 Å². The number of hydrogen-bond donors (Lipinski definition) is 2. The van der Waals surface area contributed by atoms with Crippen LogP contribution < -0.4 is 20.2 Å². The Labute approximate surface area is 201 Å². The fraction of sp³-hybridized carbons (Fsp3) is 0.160. The fourth-order valence-electron chi connectivity index (χ4n) is 3.05. The van der Waals surface area contributed by atoms with E-state index < -0.39 is 17.6 Å². The van der Waals surface area contributed by atoms with Gasteiger partial charge in [0.05, 0.1) is 18.3 Å². The number of ether oxygens (including phenoxy) is 2. The van der Waals surface area contributed by atoms with Crippen molar-refractivity contribution in [2.45, 2.75) is 20.5 Å². The standard InChI is InChI=1S/C25H23ClFN3O4/c1-15-7-9-21(16(2)11-15)29-24(31)25(32)30-28-13-17-8-10-22(23(12-17)33-3)34-14-18-19(26)5-4-6-20(18)27/h4-13H,14H2,1-3H3,(H,29,31)(H,30,32). The van der Waals surface area contributed by atoms with Crippen LogP contribution >= 0.6 is 11.6 Å². The first-order valence-electron chi connectivity index (χ1n) is 10.2. The van der Waals surface area contributed by atoms with Crippen LogP contribution in [0.15, 0.2) is 59.7 Å². The van der Waals surface area contributed by atoms with Crippen molar-refractivity contribution in [3.63, 3.8) is 0 Å². The third-order valence-corrected chi connectivity index (χ3v) is 5.19. The van der Waals surface area contributed by atoms with Gasteiger partial charge in [-0.1, -0.05) is 35.4 Å². The number of aryl methyl sites for hydroxylation is 2. The molecule has 0 unspecified atom stereocenters. The molecule has 0 spiro atoms. The largest absolute Gasteiger partial charge is 0.493 e. The molecule has 0 fully saturated rings. The minimum atomic E-state index is -0.912. The number of halogens is 2. The lowest BCUT2D eigenvalue weighted by Crippen LogP contribution is -2.32. The van der Waals surface area contributed by atoms with Crippen molar-refractivity contribution in [1.82, 2.24) is 5.43 Å². The van der Waals surface area contributed by atoms with Gasteiger partial charge in [0.25, 0.3) is 0 Å². The van der Waals surface area contributed by atoms with Crippen molar-refractivity contribution in [2.24, 2.45) is 5.10 Å². The average Bonchev–Trinajstić information content (AvgIpc) is 2.81. The molecular formula is C25H23ClFN3O4. The van der Waals surface area contributed by atoms with Gasteiger partial charge in [-0.15, -0.1) is 0 Å². The van der Waals surface area contributed by atoms with Gasteiger partial charge in [-0.2, -0.15) is 5.10 Å². The summed E-state index contributed by atoms with van der Waals surface area (Å²) < 4.78 is 24.9. The van der Waals surface area contributed by atoms with E-state index in [-0.39, 0.29) is 17.2 Å². The van der Waals surface area contributed by atoms with Gasteiger partial charge in [-0.3, -0.25) is 9.59 Å². The number of nitrogens with one attached hydrogen (secondary N) is 2. The van der Waals surface area contributed by atoms with Crippen molar-refractivity contribution in [3.05, 3.63) is 87.7 Å². The lowest BCUT2D eigenvalue weighted by Gasteiger charge is -2.12. The minimum Gasteiger partial charge on any atom is -0.493 e. The van der Waals surface area contributed by atoms with E-state index in [2.05, 4.69) is 15.8 Å². The predicted octanol–water partition coefficient (Wildman–Crippen LogP) is 4.77. The maximum absolute atomic E-state index is 13.9. The summed E-state index contributed by atoms with van der Waals surface area (Å²) in [6.07, 6.45) is 1.35. The molecule has 3 aromatic rings. The molecule has 0 aliphatic carbocycles. The van der Waals surface area contributed by atoms with Crippen LogP contribution in [0.5, 0.6) is 11.5 Å². The maximum Gasteiger partial charge on any atom is 0.329 e. The van der Waals surface area contributed by atoms with Gasteiger partial charge in [-0.05, 0) is 61.4 Å². The van der Waals surface area contributed by atoms with Crippen molar-refractivity contribution in [1.29, 1.82) is 0 Å². The lowest BCUT2D eigenvalue weighted by molar-refractivity contribution is -0.136. The van der Waals surface area contributed by atoms with Gasteiger partial charge >= 0.3 is 11.8 Å². The minimum absolute atomic E-state index is 0.0824. The number of rotatable bonds is 7. The van der Waals surface area contributed by atoms with Crippen molar-refractivity contribution in [3.8, 4) is 11.5 Å². The number of hydrazone groups is 1. The topological polar surface area (TPSA) is 89.0 Å². The van der Waals surface area contributed by atoms with Crippen molar-refractivity contribution in [2.75, 3.05) is 12.4 Å². The molecule has 0 saturated carbocycles. The van der Waals surface area contributed by atoms with Crippen LogP contribution in [0.1, 0.15) is 22.3 Å². The van der Waals surface area contributed by atoms with Crippen LogP contribution in [-0.2, 0) is 16.2 Å². The van der Waals surface area contributed by atoms with Crippen molar-refractivity contribution < 1.29 is 23.5 Å². The summed E-state index contributed by atoms with van der Waals surface area (Å²) in [6.45, 7) is 3.69. The molecule has 2 N–H and O–H groups in total. The summed E-state index contributed by atoms with van der Waals surface area (Å²) in [5.74, 6) is -1.47. The monoisotopic (exact) mass is 483 g/mol. The quantitative estimate of drug-likeness (QED) is 0.288. The molecular weight excluding hydrogens is 461 g/mol. The van der Waals surface area contributed by atoms with E-state index >= 15 is 0 Å². The predicted molar refractivity (Wildman–Crippen MR) is 129 cm³/mol. The molecule has 9 heteroatoms. The molecule has 176 valence electrons. The van der Waals surface area contributed by atoms with E-state index in [0.29, 0.717) is 22.7 Å². The highest BCUT2D eigenvalue weighted by Gasteiger charge is 2.14. The summed E-state index contributed by atoms with van der Waals surface area (Å²) in [7, 11) is 1.46. The van der Waals surface area contributed by atoms with E-state index in [1.165, 1.54) is 25.5 Å². The average molecular weight is 484 g/mol. The first kappa shape index (κ1) is 24.7. The Morgan fingerprint density at radius 2 is 1.85 bits per heavy atom. The van der Waals surface area contributed by atoms with E-state index in [9.17, 15) is 14.0 Å². The van der Waals surface area contributed by atoms with E-state index in [0.717, 1.165) is 11.1 Å². The van der Waals surface area contributed by atoms with Crippen LogP contribution in [0.2, 0.25) is 5.02 Å². The Morgan fingerprint density at radius 3 is 2.56 bits per heavy atom. The molecule has 0 aromatic heterocycles. The number of anilines is 1. The normalized spacial score (nSPS) is 10.7. The highest BCUT2D eigenvalue weighted by Crippen LogP contribution is 2.29. The zero-order valence-electron chi connectivity index (χ0n) is 18.8. The van der Waals surface area contributed by atoms with Crippen LogP contribution in [-0.4, -0.2) is 25.1 Å². The summed E-state index contributed by atoms with van der Waals surface area (Å²) in [5, 5.41) is 6.63. The second-order valence-corrected chi connectivity index (χ2v) is 7.78. The number of methoxy groups -OCH3 is 1. The zero-order chi connectivity index (χ0) is 24.7. The lowest BCUT2D eigenvalue weighted by atomic mass is 10.1. The first-order valence-corrected chi connectivity index (χ1v) is 10.6. The molecule has 0 radical (unpaired) electrons. The SMILES string of the molecule is COc1cc(C=NNC(=O)C(=O)Nc2ccc(C)cc2C)ccc1OCc1c(F)cccc1Cl. The Hall–Kier alpha value is -3.91. The second kappa shape index (κ2) is 11.3. The zero-order valence-corrected chi connectivity index (χ0v) is 19.6. The van der Waals surface area contributed by atoms with Crippen LogP contribution in [0.4, 0.5) is 10.1 Å². The third-order valence-electron chi connectivity index (χ3n) is 4.84. The van der Waals surface area contributed by atoms with Crippen molar-refractivity contribution >= 4 is 35.3 Å². The van der Waals surface area contributed by atoms with Crippen LogP contribution in [0.25, 0.3) is 0 Å². The van der Waals surface area contributed by atoms with Crippen LogP contribution in [0.3, 0.4) is 0 Å². The fourth-order valence-corrected chi connectivity index (χ4v) is 3.27. The second-order valence-electron chi connectivity index (χ2n) is 7.37. The molecule has 3 rings (SSSR count). The number of benzene rings is 3. The number of hydrogen-bond acceptors (Lipinski definition) is 5. The van der Waals surface area contributed by atoms with Gasteiger partial charge in [0, 0.05) is 11.3 Å². The Kier molecular flexibility index (Phi) is 8.21. The number of carbonyl (C=O) groups excluding carboxylic acids is 2. The van der Waals surface area contributed by atoms with Gasteiger partial charge in [0.2, 0.25) is 0 Å². The summed E-state index contributed by atoms with van der Waals surface area (Å²) in [4.78, 5) is 24.1. The Morgan fingerprint density at radius 1 is 1.06 bits per heavy atom. The Bertz CT molecular complexity index is 1230. The maximum atomic E-state index is 13.9. The van der Waals surface area contributed by atoms with E-state index in [4.69, 9.17) is 21.1 Å². The Balaban J connectivity index is 1.60. The molecule has 7 nitrogen and oxygen atoms in total.